The topological polar surface area (TPSA) is 51.1 Å². The zero-order valence-electron chi connectivity index (χ0n) is 12.9. The summed E-state index contributed by atoms with van der Waals surface area (Å²) in [6.45, 7) is 3.21. The van der Waals surface area contributed by atoms with E-state index in [4.69, 9.17) is 4.74 Å². The second-order valence-electron chi connectivity index (χ2n) is 5.65. The van der Waals surface area contributed by atoms with Crippen molar-refractivity contribution in [3.63, 3.8) is 0 Å². The van der Waals surface area contributed by atoms with Crippen LogP contribution in [0.15, 0.2) is 48.8 Å². The van der Waals surface area contributed by atoms with Crippen LogP contribution in [0.3, 0.4) is 0 Å². The first kappa shape index (κ1) is 14.1. The molecule has 4 rings (SSSR count). The molecule has 0 atom stereocenters. The van der Waals surface area contributed by atoms with Crippen molar-refractivity contribution in [2.75, 3.05) is 31.2 Å². The number of rotatable bonds is 3. The Hall–Kier alpha value is -2.53. The molecule has 0 N–H and O–H groups in total. The fraction of sp³-hybridized carbons (Fsp3) is 0.278. The van der Waals surface area contributed by atoms with E-state index < -0.39 is 0 Å². The van der Waals surface area contributed by atoms with E-state index in [1.807, 2.05) is 12.3 Å². The Morgan fingerprint density at radius 3 is 2.57 bits per heavy atom. The average molecular weight is 306 g/mol. The molecule has 1 aromatic carbocycles. The highest BCUT2D eigenvalue weighted by Crippen LogP contribution is 2.27. The molecule has 0 amide bonds. The number of fused-ring (bicyclic) bond motifs is 1. The molecule has 5 nitrogen and oxygen atoms in total. The van der Waals surface area contributed by atoms with Crippen molar-refractivity contribution in [2.24, 2.45) is 0 Å². The predicted molar refractivity (Wildman–Crippen MR) is 89.6 cm³/mol. The van der Waals surface area contributed by atoms with Crippen LogP contribution in [0, 0.1) is 0 Å². The van der Waals surface area contributed by atoms with Gasteiger partial charge in [-0.25, -0.2) is 0 Å². The van der Waals surface area contributed by atoms with Gasteiger partial charge in [-0.05, 0) is 11.6 Å². The molecule has 0 bridgehead atoms. The summed E-state index contributed by atoms with van der Waals surface area (Å²) in [5.74, 6) is 0.957. The number of morpholine rings is 1. The van der Waals surface area contributed by atoms with Gasteiger partial charge in [0, 0.05) is 42.7 Å². The summed E-state index contributed by atoms with van der Waals surface area (Å²) < 4.78 is 5.44. The summed E-state index contributed by atoms with van der Waals surface area (Å²) in [7, 11) is 0. The second-order valence-corrected chi connectivity index (χ2v) is 5.65. The minimum absolute atomic E-state index is 0.741. The van der Waals surface area contributed by atoms with Crippen molar-refractivity contribution in [1.82, 2.24) is 15.2 Å². The van der Waals surface area contributed by atoms with E-state index in [2.05, 4.69) is 50.4 Å². The Kier molecular flexibility index (Phi) is 3.86. The highest BCUT2D eigenvalue weighted by molar-refractivity contribution is 5.93. The van der Waals surface area contributed by atoms with E-state index in [1.165, 1.54) is 0 Å². The lowest BCUT2D eigenvalue weighted by Crippen LogP contribution is -2.37. The number of aromatic nitrogens is 3. The van der Waals surface area contributed by atoms with Crippen LogP contribution in [0.25, 0.3) is 10.8 Å². The molecule has 1 aliphatic rings. The van der Waals surface area contributed by atoms with Crippen molar-refractivity contribution in [3.05, 3.63) is 60.0 Å². The van der Waals surface area contributed by atoms with E-state index in [1.54, 1.807) is 6.20 Å². The van der Waals surface area contributed by atoms with Crippen LogP contribution in [0.4, 0.5) is 5.82 Å². The molecule has 5 heteroatoms. The third kappa shape index (κ3) is 2.87. The fourth-order valence-electron chi connectivity index (χ4n) is 2.98. The van der Waals surface area contributed by atoms with Crippen molar-refractivity contribution in [3.8, 4) is 0 Å². The Morgan fingerprint density at radius 2 is 1.78 bits per heavy atom. The minimum Gasteiger partial charge on any atom is -0.378 e. The van der Waals surface area contributed by atoms with Gasteiger partial charge in [-0.3, -0.25) is 4.98 Å². The number of ether oxygens (including phenoxy) is 1. The SMILES string of the molecule is c1cncc(Cc2nnc(N3CCOCC3)c3ccccc23)c1. The Balaban J connectivity index is 1.76. The number of hydrogen-bond donors (Lipinski definition) is 0. The molecular formula is C18H18N4O. The molecule has 23 heavy (non-hydrogen) atoms. The molecule has 3 heterocycles. The predicted octanol–water partition coefficient (Wildman–Crippen LogP) is 2.45. The molecule has 1 saturated heterocycles. The quantitative estimate of drug-likeness (QED) is 0.744. The molecule has 0 saturated carbocycles. The number of anilines is 1. The van der Waals surface area contributed by atoms with E-state index in [-0.39, 0.29) is 0 Å². The monoisotopic (exact) mass is 306 g/mol. The van der Waals surface area contributed by atoms with E-state index in [9.17, 15) is 0 Å². The number of hydrogen-bond acceptors (Lipinski definition) is 5. The highest BCUT2D eigenvalue weighted by atomic mass is 16.5. The summed E-state index contributed by atoms with van der Waals surface area (Å²) >= 11 is 0. The molecule has 0 unspecified atom stereocenters. The summed E-state index contributed by atoms with van der Waals surface area (Å²) in [5, 5.41) is 11.4. The second kappa shape index (κ2) is 6.30. The Labute approximate surface area is 134 Å². The van der Waals surface area contributed by atoms with E-state index >= 15 is 0 Å². The average Bonchev–Trinajstić information content (AvgIpc) is 2.64. The highest BCUT2D eigenvalue weighted by Gasteiger charge is 2.17. The molecule has 0 spiro atoms. The molecule has 116 valence electrons. The van der Waals surface area contributed by atoms with E-state index in [0.29, 0.717) is 0 Å². The molecule has 0 aliphatic carbocycles. The lowest BCUT2D eigenvalue weighted by atomic mass is 10.1. The Morgan fingerprint density at radius 1 is 0.957 bits per heavy atom. The van der Waals surface area contributed by atoms with Gasteiger partial charge in [0.05, 0.1) is 18.9 Å². The fourth-order valence-corrected chi connectivity index (χ4v) is 2.98. The van der Waals surface area contributed by atoms with Crippen LogP contribution in [-0.4, -0.2) is 41.5 Å². The van der Waals surface area contributed by atoms with Crippen LogP contribution in [-0.2, 0) is 11.2 Å². The summed E-state index contributed by atoms with van der Waals surface area (Å²) in [5.41, 5.74) is 2.14. The summed E-state index contributed by atoms with van der Waals surface area (Å²) in [4.78, 5) is 6.44. The smallest absolute Gasteiger partial charge is 0.159 e. The molecule has 3 aromatic rings. The van der Waals surface area contributed by atoms with Gasteiger partial charge in [0.25, 0.3) is 0 Å². The first-order valence-corrected chi connectivity index (χ1v) is 7.88. The van der Waals surface area contributed by atoms with Crippen LogP contribution >= 0.6 is 0 Å². The molecule has 2 aromatic heterocycles. The standard InChI is InChI=1S/C18H18N4O/c1-2-6-16-15(5-1)17(12-14-4-3-7-19-13-14)20-21-18(16)22-8-10-23-11-9-22/h1-7,13H,8-12H2. The molecule has 0 radical (unpaired) electrons. The van der Waals surface area contributed by atoms with Crippen molar-refractivity contribution in [2.45, 2.75) is 6.42 Å². The van der Waals surface area contributed by atoms with Gasteiger partial charge < -0.3 is 9.64 Å². The maximum atomic E-state index is 5.44. The number of pyridine rings is 1. The first-order chi connectivity index (χ1) is 11.4. The zero-order chi connectivity index (χ0) is 15.5. The van der Waals surface area contributed by atoms with Crippen LogP contribution in [0.2, 0.25) is 0 Å². The van der Waals surface area contributed by atoms with Crippen molar-refractivity contribution >= 4 is 16.6 Å². The maximum Gasteiger partial charge on any atom is 0.159 e. The minimum atomic E-state index is 0.741. The number of nitrogens with zero attached hydrogens (tertiary/aromatic N) is 4. The zero-order valence-corrected chi connectivity index (χ0v) is 12.9. The van der Waals surface area contributed by atoms with Crippen molar-refractivity contribution in [1.29, 1.82) is 0 Å². The van der Waals surface area contributed by atoms with Gasteiger partial charge >= 0.3 is 0 Å². The first-order valence-electron chi connectivity index (χ1n) is 7.88. The lowest BCUT2D eigenvalue weighted by Gasteiger charge is -2.28. The van der Waals surface area contributed by atoms with Gasteiger partial charge in [0.15, 0.2) is 5.82 Å². The Bertz CT molecular complexity index is 800. The molecular weight excluding hydrogens is 288 g/mol. The van der Waals surface area contributed by atoms with Gasteiger partial charge in [-0.2, -0.15) is 5.10 Å². The van der Waals surface area contributed by atoms with Crippen LogP contribution < -0.4 is 4.90 Å². The largest absolute Gasteiger partial charge is 0.378 e. The van der Waals surface area contributed by atoms with Crippen molar-refractivity contribution < 1.29 is 4.74 Å². The lowest BCUT2D eigenvalue weighted by molar-refractivity contribution is 0.122. The third-order valence-electron chi connectivity index (χ3n) is 4.15. The maximum absolute atomic E-state index is 5.44. The van der Waals surface area contributed by atoms with Gasteiger partial charge in [-0.15, -0.1) is 5.10 Å². The summed E-state index contributed by atoms with van der Waals surface area (Å²) in [6.07, 6.45) is 4.41. The van der Waals surface area contributed by atoms with Crippen LogP contribution in [0.5, 0.6) is 0 Å². The van der Waals surface area contributed by atoms with E-state index in [0.717, 1.165) is 60.6 Å². The number of benzene rings is 1. The molecule has 1 fully saturated rings. The van der Waals surface area contributed by atoms with Crippen LogP contribution in [0.1, 0.15) is 11.3 Å². The normalized spacial score (nSPS) is 15.0. The van der Waals surface area contributed by atoms with Gasteiger partial charge in [-0.1, -0.05) is 30.3 Å². The molecule has 1 aliphatic heterocycles. The van der Waals surface area contributed by atoms with Gasteiger partial charge in [0.1, 0.15) is 0 Å². The summed E-state index contributed by atoms with van der Waals surface area (Å²) in [6, 6.07) is 12.4. The third-order valence-corrected chi connectivity index (χ3v) is 4.15. The van der Waals surface area contributed by atoms with Gasteiger partial charge in [0.2, 0.25) is 0 Å².